The van der Waals surface area contributed by atoms with E-state index in [0.29, 0.717) is 0 Å². The van der Waals surface area contributed by atoms with Crippen LogP contribution in [0, 0.1) is 5.92 Å². The van der Waals surface area contributed by atoms with Gasteiger partial charge in [0.1, 0.15) is 0 Å². The van der Waals surface area contributed by atoms with Crippen LogP contribution in [0.3, 0.4) is 0 Å². The Morgan fingerprint density at radius 1 is 1.50 bits per heavy atom. The van der Waals surface area contributed by atoms with Gasteiger partial charge in [-0.05, 0) is 6.07 Å². The van der Waals surface area contributed by atoms with Crippen molar-refractivity contribution < 1.29 is 4.79 Å². The van der Waals surface area contributed by atoms with Crippen molar-refractivity contribution in [2.45, 2.75) is 6.92 Å². The molecule has 1 aromatic heterocycles. The van der Waals surface area contributed by atoms with Crippen LogP contribution in [0.5, 0.6) is 0 Å². The number of anilines is 1. The van der Waals surface area contributed by atoms with Gasteiger partial charge in [0.25, 0.3) is 0 Å². The first kappa shape index (κ1) is 13.1. The Hall–Kier alpha value is -1.33. The molecule has 0 bridgehead atoms. The SMILES string of the molecule is CC(CN1CCNCC1)C(=O)N(C)c1cc[nH]c1. The van der Waals surface area contributed by atoms with Gasteiger partial charge in [0.15, 0.2) is 0 Å². The highest BCUT2D eigenvalue weighted by molar-refractivity contribution is 5.94. The summed E-state index contributed by atoms with van der Waals surface area (Å²) in [6, 6.07) is 1.91. The van der Waals surface area contributed by atoms with Crippen LogP contribution in [-0.2, 0) is 4.79 Å². The average molecular weight is 250 g/mol. The lowest BCUT2D eigenvalue weighted by Crippen LogP contribution is -2.47. The molecule has 0 saturated carbocycles. The zero-order valence-corrected chi connectivity index (χ0v) is 11.1. The van der Waals surface area contributed by atoms with Crippen LogP contribution in [0.4, 0.5) is 5.69 Å². The predicted molar refractivity (Wildman–Crippen MR) is 72.7 cm³/mol. The number of amides is 1. The maximum atomic E-state index is 12.3. The van der Waals surface area contributed by atoms with Crippen molar-refractivity contribution in [3.05, 3.63) is 18.5 Å². The molecule has 1 aliphatic rings. The maximum Gasteiger partial charge on any atom is 0.230 e. The molecule has 2 rings (SSSR count). The van der Waals surface area contributed by atoms with Crippen LogP contribution < -0.4 is 10.2 Å². The molecule has 0 spiro atoms. The summed E-state index contributed by atoms with van der Waals surface area (Å²) < 4.78 is 0. The average Bonchev–Trinajstić information content (AvgIpc) is 2.92. The van der Waals surface area contributed by atoms with Crippen molar-refractivity contribution in [2.75, 3.05) is 44.7 Å². The highest BCUT2D eigenvalue weighted by Gasteiger charge is 2.22. The van der Waals surface area contributed by atoms with Gasteiger partial charge in [0.2, 0.25) is 5.91 Å². The lowest BCUT2D eigenvalue weighted by molar-refractivity contribution is -0.122. The normalized spacial score (nSPS) is 18.6. The van der Waals surface area contributed by atoms with E-state index in [-0.39, 0.29) is 11.8 Å². The monoisotopic (exact) mass is 250 g/mol. The molecule has 18 heavy (non-hydrogen) atoms. The Balaban J connectivity index is 1.87. The third kappa shape index (κ3) is 3.11. The molecule has 1 aliphatic heterocycles. The molecule has 1 atom stereocenters. The number of hydrogen-bond donors (Lipinski definition) is 2. The number of rotatable bonds is 4. The summed E-state index contributed by atoms with van der Waals surface area (Å²) in [6.45, 7) is 6.96. The minimum atomic E-state index is 0.0306. The first-order valence-corrected chi connectivity index (χ1v) is 6.52. The summed E-state index contributed by atoms with van der Waals surface area (Å²) in [5.41, 5.74) is 0.923. The molecule has 1 fully saturated rings. The van der Waals surface area contributed by atoms with Crippen LogP contribution in [0.2, 0.25) is 0 Å². The van der Waals surface area contributed by atoms with Crippen LogP contribution >= 0.6 is 0 Å². The van der Waals surface area contributed by atoms with Crippen LogP contribution in [0.15, 0.2) is 18.5 Å². The highest BCUT2D eigenvalue weighted by Crippen LogP contribution is 2.14. The van der Waals surface area contributed by atoms with Crippen molar-refractivity contribution in [1.29, 1.82) is 0 Å². The lowest BCUT2D eigenvalue weighted by Gasteiger charge is -2.30. The van der Waals surface area contributed by atoms with Crippen molar-refractivity contribution >= 4 is 11.6 Å². The Kier molecular flexibility index (Phi) is 4.38. The molecule has 2 N–H and O–H groups in total. The maximum absolute atomic E-state index is 12.3. The third-order valence-electron chi connectivity index (χ3n) is 3.46. The number of nitrogens with zero attached hydrogens (tertiary/aromatic N) is 2. The van der Waals surface area contributed by atoms with Crippen LogP contribution in [-0.4, -0.2) is 55.6 Å². The quantitative estimate of drug-likeness (QED) is 0.819. The van der Waals surface area contributed by atoms with Gasteiger partial charge in [-0.15, -0.1) is 0 Å². The zero-order chi connectivity index (χ0) is 13.0. The summed E-state index contributed by atoms with van der Waals surface area (Å²) in [4.78, 5) is 19.3. The fourth-order valence-electron chi connectivity index (χ4n) is 2.34. The Morgan fingerprint density at radius 2 is 2.22 bits per heavy atom. The van der Waals surface area contributed by atoms with E-state index >= 15 is 0 Å². The van der Waals surface area contributed by atoms with E-state index in [2.05, 4.69) is 15.2 Å². The molecule has 1 unspecified atom stereocenters. The van der Waals surface area contributed by atoms with E-state index in [9.17, 15) is 4.79 Å². The van der Waals surface area contributed by atoms with E-state index in [1.807, 2.05) is 32.4 Å². The van der Waals surface area contributed by atoms with Crippen molar-refractivity contribution in [3.8, 4) is 0 Å². The van der Waals surface area contributed by atoms with Gasteiger partial charge in [-0.1, -0.05) is 6.92 Å². The van der Waals surface area contributed by atoms with Crippen molar-refractivity contribution in [3.63, 3.8) is 0 Å². The second-order valence-electron chi connectivity index (χ2n) is 4.92. The molecule has 0 aromatic carbocycles. The largest absolute Gasteiger partial charge is 0.366 e. The van der Waals surface area contributed by atoms with E-state index in [4.69, 9.17) is 0 Å². The van der Waals surface area contributed by atoms with Crippen molar-refractivity contribution in [2.24, 2.45) is 5.92 Å². The Morgan fingerprint density at radius 3 is 2.83 bits per heavy atom. The van der Waals surface area contributed by atoms with Crippen molar-refractivity contribution in [1.82, 2.24) is 15.2 Å². The molecule has 1 aromatic rings. The van der Waals surface area contributed by atoms with Gasteiger partial charge in [-0.2, -0.15) is 0 Å². The van der Waals surface area contributed by atoms with Gasteiger partial charge in [-0.3, -0.25) is 4.79 Å². The fourth-order valence-corrected chi connectivity index (χ4v) is 2.34. The number of nitrogens with one attached hydrogen (secondary N) is 2. The van der Waals surface area contributed by atoms with Gasteiger partial charge < -0.3 is 20.1 Å². The number of H-pyrrole nitrogens is 1. The fraction of sp³-hybridized carbons (Fsp3) is 0.615. The summed E-state index contributed by atoms with van der Waals surface area (Å²) in [7, 11) is 1.83. The topological polar surface area (TPSA) is 51.4 Å². The molecule has 100 valence electrons. The van der Waals surface area contributed by atoms with Gasteiger partial charge in [0.05, 0.1) is 5.69 Å². The molecular weight excluding hydrogens is 228 g/mol. The molecule has 0 radical (unpaired) electrons. The number of aromatic nitrogens is 1. The summed E-state index contributed by atoms with van der Waals surface area (Å²) in [5, 5.41) is 3.32. The van der Waals surface area contributed by atoms with E-state index in [1.165, 1.54) is 0 Å². The molecule has 5 heteroatoms. The van der Waals surface area contributed by atoms with Crippen LogP contribution in [0.1, 0.15) is 6.92 Å². The predicted octanol–water partition coefficient (Wildman–Crippen LogP) is 0.519. The minimum absolute atomic E-state index is 0.0306. The van der Waals surface area contributed by atoms with E-state index < -0.39 is 0 Å². The standard InChI is InChI=1S/C13H22N4O/c1-11(10-17-7-5-14-6-8-17)13(18)16(2)12-3-4-15-9-12/h3-4,9,11,14-15H,5-8,10H2,1-2H3. The van der Waals surface area contributed by atoms with Gasteiger partial charge in [-0.25, -0.2) is 0 Å². The Bertz CT molecular complexity index is 370. The molecule has 5 nitrogen and oxygen atoms in total. The van der Waals surface area contributed by atoms with E-state index in [0.717, 1.165) is 38.4 Å². The van der Waals surface area contributed by atoms with E-state index in [1.54, 1.807) is 4.90 Å². The summed E-state index contributed by atoms with van der Waals surface area (Å²) >= 11 is 0. The lowest BCUT2D eigenvalue weighted by atomic mass is 10.1. The third-order valence-corrected chi connectivity index (χ3v) is 3.46. The summed E-state index contributed by atoms with van der Waals surface area (Å²) in [5.74, 6) is 0.205. The molecule has 0 aliphatic carbocycles. The van der Waals surface area contributed by atoms with Gasteiger partial charge >= 0.3 is 0 Å². The second kappa shape index (κ2) is 6.02. The molecular formula is C13H22N4O. The Labute approximate surface area is 108 Å². The smallest absolute Gasteiger partial charge is 0.230 e. The first-order chi connectivity index (χ1) is 8.68. The second-order valence-corrected chi connectivity index (χ2v) is 4.92. The molecule has 2 heterocycles. The zero-order valence-electron chi connectivity index (χ0n) is 11.1. The number of hydrogen-bond acceptors (Lipinski definition) is 3. The number of aromatic amines is 1. The number of piperazine rings is 1. The van der Waals surface area contributed by atoms with Gasteiger partial charge in [0, 0.05) is 58.1 Å². The minimum Gasteiger partial charge on any atom is -0.366 e. The number of carbonyl (C=O) groups is 1. The van der Waals surface area contributed by atoms with Crippen LogP contribution in [0.25, 0.3) is 0 Å². The summed E-state index contributed by atoms with van der Waals surface area (Å²) in [6.07, 6.45) is 3.68. The first-order valence-electron chi connectivity index (χ1n) is 6.52. The molecule has 1 amide bonds. The molecule has 1 saturated heterocycles. The number of carbonyl (C=O) groups excluding carboxylic acids is 1. The highest BCUT2D eigenvalue weighted by atomic mass is 16.2.